The van der Waals surface area contributed by atoms with Gasteiger partial charge in [-0.25, -0.2) is 0 Å². The number of rotatable bonds is 4. The summed E-state index contributed by atoms with van der Waals surface area (Å²) in [5.41, 5.74) is 7.64. The average Bonchev–Trinajstić information content (AvgIpc) is 2.76. The van der Waals surface area contributed by atoms with E-state index in [2.05, 4.69) is 11.6 Å². The summed E-state index contributed by atoms with van der Waals surface area (Å²) in [7, 11) is 1.66. The standard InChI is InChI=1S/C13H20N2OS/c1-16-12-6-9(14)5-11(7-12)15-10-3-4-13(8-10)17-2/h5-7,10,13,15H,3-4,8,14H2,1-2H3. The van der Waals surface area contributed by atoms with Crippen LogP contribution >= 0.6 is 11.8 Å². The van der Waals surface area contributed by atoms with Gasteiger partial charge < -0.3 is 15.8 Å². The summed E-state index contributed by atoms with van der Waals surface area (Å²) in [6.45, 7) is 0. The van der Waals surface area contributed by atoms with E-state index in [-0.39, 0.29) is 0 Å². The minimum absolute atomic E-state index is 0.568. The fraction of sp³-hybridized carbons (Fsp3) is 0.538. The van der Waals surface area contributed by atoms with Crippen LogP contribution in [-0.2, 0) is 0 Å². The predicted octanol–water partition coefficient (Wildman–Crippen LogP) is 2.97. The summed E-state index contributed by atoms with van der Waals surface area (Å²) in [6, 6.07) is 6.38. The summed E-state index contributed by atoms with van der Waals surface area (Å²) in [4.78, 5) is 0. The monoisotopic (exact) mass is 252 g/mol. The molecule has 0 aliphatic heterocycles. The number of anilines is 2. The molecule has 17 heavy (non-hydrogen) atoms. The van der Waals surface area contributed by atoms with Crippen molar-refractivity contribution in [1.29, 1.82) is 0 Å². The maximum Gasteiger partial charge on any atom is 0.122 e. The second-order valence-corrected chi connectivity index (χ2v) is 5.64. The number of benzene rings is 1. The Kier molecular flexibility index (Phi) is 4.05. The molecule has 94 valence electrons. The van der Waals surface area contributed by atoms with Gasteiger partial charge in [-0.1, -0.05) is 0 Å². The first-order valence-electron chi connectivity index (χ1n) is 5.95. The van der Waals surface area contributed by atoms with Crippen LogP contribution in [0.5, 0.6) is 5.75 Å². The smallest absolute Gasteiger partial charge is 0.122 e. The SMILES string of the molecule is COc1cc(N)cc(NC2CCC(SC)C2)c1. The molecule has 4 heteroatoms. The van der Waals surface area contributed by atoms with Gasteiger partial charge in [0, 0.05) is 34.8 Å². The molecule has 2 atom stereocenters. The maximum absolute atomic E-state index is 5.84. The summed E-state index contributed by atoms with van der Waals surface area (Å²) in [6.07, 6.45) is 5.97. The van der Waals surface area contributed by atoms with Gasteiger partial charge in [-0.3, -0.25) is 0 Å². The number of methoxy groups -OCH3 is 1. The highest BCUT2D eigenvalue weighted by atomic mass is 32.2. The first kappa shape index (κ1) is 12.4. The van der Waals surface area contributed by atoms with Gasteiger partial charge in [0.2, 0.25) is 0 Å². The molecule has 1 aliphatic carbocycles. The molecule has 2 unspecified atom stereocenters. The van der Waals surface area contributed by atoms with E-state index in [1.807, 2.05) is 30.0 Å². The van der Waals surface area contributed by atoms with Crippen LogP contribution in [0.2, 0.25) is 0 Å². The minimum atomic E-state index is 0.568. The number of thioether (sulfide) groups is 1. The van der Waals surface area contributed by atoms with Gasteiger partial charge in [0.15, 0.2) is 0 Å². The van der Waals surface area contributed by atoms with Gasteiger partial charge in [-0.05, 0) is 31.6 Å². The van der Waals surface area contributed by atoms with Crippen molar-refractivity contribution in [2.45, 2.75) is 30.6 Å². The van der Waals surface area contributed by atoms with E-state index in [9.17, 15) is 0 Å². The van der Waals surface area contributed by atoms with Gasteiger partial charge in [0.1, 0.15) is 5.75 Å². The topological polar surface area (TPSA) is 47.3 Å². The molecule has 0 saturated heterocycles. The summed E-state index contributed by atoms with van der Waals surface area (Å²) < 4.78 is 5.22. The van der Waals surface area contributed by atoms with Crippen LogP contribution < -0.4 is 15.8 Å². The highest BCUT2D eigenvalue weighted by Gasteiger charge is 2.23. The van der Waals surface area contributed by atoms with E-state index in [0.29, 0.717) is 6.04 Å². The van der Waals surface area contributed by atoms with Crippen molar-refractivity contribution in [3.63, 3.8) is 0 Å². The van der Waals surface area contributed by atoms with Crippen molar-refractivity contribution in [2.75, 3.05) is 24.4 Å². The van der Waals surface area contributed by atoms with Crippen LogP contribution in [0.4, 0.5) is 11.4 Å². The molecule has 2 rings (SSSR count). The Labute approximate surface area is 107 Å². The number of hydrogen-bond acceptors (Lipinski definition) is 4. The molecular formula is C13H20N2OS. The van der Waals surface area contributed by atoms with Crippen molar-refractivity contribution in [3.05, 3.63) is 18.2 Å². The van der Waals surface area contributed by atoms with E-state index < -0.39 is 0 Å². The molecule has 0 heterocycles. The van der Waals surface area contributed by atoms with Crippen molar-refractivity contribution in [3.8, 4) is 5.75 Å². The Balaban J connectivity index is 2.01. The van der Waals surface area contributed by atoms with Gasteiger partial charge >= 0.3 is 0 Å². The second kappa shape index (κ2) is 5.54. The van der Waals surface area contributed by atoms with Crippen LogP contribution in [0.1, 0.15) is 19.3 Å². The molecule has 1 saturated carbocycles. The molecule has 1 aromatic carbocycles. The Morgan fingerprint density at radius 3 is 2.82 bits per heavy atom. The third-order valence-electron chi connectivity index (χ3n) is 3.25. The second-order valence-electron chi connectivity index (χ2n) is 4.51. The van der Waals surface area contributed by atoms with E-state index in [1.165, 1.54) is 19.3 Å². The van der Waals surface area contributed by atoms with E-state index in [0.717, 1.165) is 22.4 Å². The molecule has 0 bridgehead atoms. The Morgan fingerprint density at radius 2 is 2.18 bits per heavy atom. The first-order valence-corrected chi connectivity index (χ1v) is 7.24. The normalized spacial score (nSPS) is 23.6. The molecule has 1 aromatic rings. The average molecular weight is 252 g/mol. The van der Waals surface area contributed by atoms with Crippen LogP contribution in [0.25, 0.3) is 0 Å². The largest absolute Gasteiger partial charge is 0.497 e. The van der Waals surface area contributed by atoms with Crippen molar-refractivity contribution in [1.82, 2.24) is 0 Å². The van der Waals surface area contributed by atoms with E-state index in [4.69, 9.17) is 10.5 Å². The van der Waals surface area contributed by atoms with Crippen LogP contribution in [-0.4, -0.2) is 24.7 Å². The summed E-state index contributed by atoms with van der Waals surface area (Å²) in [5, 5.41) is 4.35. The third-order valence-corrected chi connectivity index (χ3v) is 4.35. The molecular weight excluding hydrogens is 232 g/mol. The summed E-state index contributed by atoms with van der Waals surface area (Å²) >= 11 is 1.97. The zero-order chi connectivity index (χ0) is 12.3. The molecule has 0 radical (unpaired) electrons. The zero-order valence-electron chi connectivity index (χ0n) is 10.4. The Bertz CT molecular complexity index is 384. The third kappa shape index (κ3) is 3.22. The number of nitrogens with one attached hydrogen (secondary N) is 1. The number of hydrogen-bond donors (Lipinski definition) is 2. The first-order chi connectivity index (χ1) is 8.21. The molecule has 0 spiro atoms. The molecule has 0 amide bonds. The lowest BCUT2D eigenvalue weighted by Gasteiger charge is -2.15. The quantitative estimate of drug-likeness (QED) is 0.809. The number of nitrogen functional groups attached to an aromatic ring is 1. The van der Waals surface area contributed by atoms with Crippen LogP contribution in [0.15, 0.2) is 18.2 Å². The van der Waals surface area contributed by atoms with E-state index >= 15 is 0 Å². The van der Waals surface area contributed by atoms with Gasteiger partial charge in [-0.15, -0.1) is 0 Å². The Morgan fingerprint density at radius 1 is 1.35 bits per heavy atom. The molecule has 0 aromatic heterocycles. The highest BCUT2D eigenvalue weighted by molar-refractivity contribution is 7.99. The van der Waals surface area contributed by atoms with Crippen molar-refractivity contribution < 1.29 is 4.74 Å². The van der Waals surface area contributed by atoms with Gasteiger partial charge in [0.25, 0.3) is 0 Å². The molecule has 3 N–H and O–H groups in total. The lowest BCUT2D eigenvalue weighted by atomic mass is 10.2. The van der Waals surface area contributed by atoms with Crippen LogP contribution in [0.3, 0.4) is 0 Å². The van der Waals surface area contributed by atoms with E-state index in [1.54, 1.807) is 7.11 Å². The van der Waals surface area contributed by atoms with Crippen molar-refractivity contribution >= 4 is 23.1 Å². The number of nitrogens with two attached hydrogens (primary N) is 1. The lowest BCUT2D eigenvalue weighted by Crippen LogP contribution is -2.16. The zero-order valence-corrected chi connectivity index (χ0v) is 11.2. The minimum Gasteiger partial charge on any atom is -0.497 e. The van der Waals surface area contributed by atoms with Crippen molar-refractivity contribution in [2.24, 2.45) is 0 Å². The fourth-order valence-corrected chi connectivity index (χ4v) is 3.14. The van der Waals surface area contributed by atoms with Crippen LogP contribution in [0, 0.1) is 0 Å². The fourth-order valence-electron chi connectivity index (χ4n) is 2.34. The number of ether oxygens (including phenoxy) is 1. The maximum atomic E-state index is 5.84. The molecule has 3 nitrogen and oxygen atoms in total. The predicted molar refractivity (Wildman–Crippen MR) is 76.0 cm³/mol. The lowest BCUT2D eigenvalue weighted by molar-refractivity contribution is 0.415. The molecule has 1 aliphatic rings. The van der Waals surface area contributed by atoms with Gasteiger partial charge in [-0.2, -0.15) is 11.8 Å². The summed E-state index contributed by atoms with van der Waals surface area (Å²) in [5.74, 6) is 0.812. The van der Waals surface area contributed by atoms with Gasteiger partial charge in [0.05, 0.1) is 7.11 Å². The Hall–Kier alpha value is -1.03. The molecule has 1 fully saturated rings. The highest BCUT2D eigenvalue weighted by Crippen LogP contribution is 2.31.